The maximum absolute atomic E-state index is 5.07. The van der Waals surface area contributed by atoms with E-state index in [1.54, 1.807) is 7.11 Å². The van der Waals surface area contributed by atoms with Crippen LogP contribution in [0.1, 0.15) is 20.3 Å². The lowest BCUT2D eigenvalue weighted by atomic mass is 9.83. The molecule has 0 aliphatic carbocycles. The summed E-state index contributed by atoms with van der Waals surface area (Å²) in [4.78, 5) is 2.37. The van der Waals surface area contributed by atoms with Gasteiger partial charge in [0.2, 0.25) is 0 Å². The summed E-state index contributed by atoms with van der Waals surface area (Å²) in [6.07, 6.45) is 1.26. The summed E-state index contributed by atoms with van der Waals surface area (Å²) in [6, 6.07) is 0.653. The molecule has 0 saturated carbocycles. The van der Waals surface area contributed by atoms with Gasteiger partial charge < -0.3 is 4.74 Å². The van der Waals surface area contributed by atoms with E-state index in [1.165, 1.54) is 6.42 Å². The number of methoxy groups -OCH3 is 1. The van der Waals surface area contributed by atoms with Crippen molar-refractivity contribution in [3.8, 4) is 0 Å². The molecule has 0 aromatic carbocycles. The van der Waals surface area contributed by atoms with Gasteiger partial charge in [0.15, 0.2) is 0 Å². The molecule has 1 atom stereocenters. The Morgan fingerprint density at radius 1 is 1.60 bits per heavy atom. The monoisotopic (exact) mass is 143 g/mol. The van der Waals surface area contributed by atoms with Crippen LogP contribution in [0.25, 0.3) is 0 Å². The molecule has 0 aromatic rings. The molecule has 0 aromatic heterocycles. The molecular weight excluding hydrogens is 126 g/mol. The molecule has 10 heavy (non-hydrogen) atoms. The van der Waals surface area contributed by atoms with E-state index >= 15 is 0 Å². The van der Waals surface area contributed by atoms with Crippen molar-refractivity contribution in [3.63, 3.8) is 0 Å². The first-order chi connectivity index (χ1) is 4.58. The highest BCUT2D eigenvalue weighted by molar-refractivity contribution is 4.97. The Balaban J connectivity index is 2.32. The van der Waals surface area contributed by atoms with Gasteiger partial charge in [0.25, 0.3) is 0 Å². The van der Waals surface area contributed by atoms with Gasteiger partial charge in [0.1, 0.15) is 0 Å². The number of nitrogens with zero attached hydrogens (tertiary/aromatic N) is 1. The summed E-state index contributed by atoms with van der Waals surface area (Å²) >= 11 is 0. The van der Waals surface area contributed by atoms with Gasteiger partial charge in [0.05, 0.1) is 6.61 Å². The van der Waals surface area contributed by atoms with E-state index in [-0.39, 0.29) is 0 Å². The van der Waals surface area contributed by atoms with Gasteiger partial charge in [-0.25, -0.2) is 0 Å². The Kier molecular flexibility index (Phi) is 2.02. The molecule has 0 radical (unpaired) electrons. The highest BCUT2D eigenvalue weighted by atomic mass is 16.5. The van der Waals surface area contributed by atoms with Crippen molar-refractivity contribution in [1.82, 2.24) is 4.90 Å². The predicted octanol–water partition coefficient (Wildman–Crippen LogP) is 1.12. The van der Waals surface area contributed by atoms with Gasteiger partial charge in [-0.2, -0.15) is 0 Å². The maximum atomic E-state index is 5.07. The zero-order valence-corrected chi connectivity index (χ0v) is 7.35. The molecule has 0 amide bonds. The van der Waals surface area contributed by atoms with Crippen LogP contribution in [-0.4, -0.2) is 37.2 Å². The Morgan fingerprint density at radius 2 is 2.20 bits per heavy atom. The molecule has 1 aliphatic rings. The third-order valence-electron chi connectivity index (χ3n) is 2.60. The molecule has 1 unspecified atom stereocenters. The van der Waals surface area contributed by atoms with E-state index in [2.05, 4.69) is 25.8 Å². The standard InChI is InChI=1S/C8H17NO/c1-8(2)5-7(6-10-4)9(8)3/h7H,5-6H2,1-4H3. The summed E-state index contributed by atoms with van der Waals surface area (Å²) in [5.41, 5.74) is 0.406. The van der Waals surface area contributed by atoms with Crippen molar-refractivity contribution in [2.75, 3.05) is 20.8 Å². The summed E-state index contributed by atoms with van der Waals surface area (Å²) in [7, 11) is 3.92. The molecule has 0 bridgehead atoms. The molecule has 60 valence electrons. The zero-order chi connectivity index (χ0) is 7.78. The third-order valence-corrected chi connectivity index (χ3v) is 2.60. The topological polar surface area (TPSA) is 12.5 Å². The lowest BCUT2D eigenvalue weighted by molar-refractivity contribution is -0.0589. The van der Waals surface area contributed by atoms with Crippen molar-refractivity contribution < 1.29 is 4.74 Å². The Bertz CT molecular complexity index is 122. The van der Waals surface area contributed by atoms with Crippen LogP contribution in [0.5, 0.6) is 0 Å². The number of ether oxygens (including phenoxy) is 1. The summed E-state index contributed by atoms with van der Waals surface area (Å²) in [6.45, 7) is 5.40. The first-order valence-corrected chi connectivity index (χ1v) is 3.80. The number of rotatable bonds is 2. The minimum atomic E-state index is 0.406. The van der Waals surface area contributed by atoms with Crippen LogP contribution in [0.15, 0.2) is 0 Å². The summed E-state index contributed by atoms with van der Waals surface area (Å²) in [5.74, 6) is 0. The van der Waals surface area contributed by atoms with Crippen LogP contribution in [0, 0.1) is 0 Å². The van der Waals surface area contributed by atoms with E-state index in [9.17, 15) is 0 Å². The number of likely N-dealkylation sites (tertiary alicyclic amines) is 1. The average Bonchev–Trinajstić information content (AvgIpc) is 1.87. The van der Waals surface area contributed by atoms with Crippen LogP contribution < -0.4 is 0 Å². The van der Waals surface area contributed by atoms with Crippen LogP contribution in [0.2, 0.25) is 0 Å². The molecule has 1 aliphatic heterocycles. The van der Waals surface area contributed by atoms with Gasteiger partial charge in [-0.15, -0.1) is 0 Å². The molecule has 0 N–H and O–H groups in total. The predicted molar refractivity (Wildman–Crippen MR) is 42.1 cm³/mol. The van der Waals surface area contributed by atoms with E-state index in [0.29, 0.717) is 11.6 Å². The van der Waals surface area contributed by atoms with Crippen LogP contribution in [-0.2, 0) is 4.74 Å². The Labute approximate surface area is 63.2 Å². The molecular formula is C8H17NO. The van der Waals surface area contributed by atoms with Crippen molar-refractivity contribution in [2.24, 2.45) is 0 Å². The Morgan fingerprint density at radius 3 is 2.50 bits per heavy atom. The quantitative estimate of drug-likeness (QED) is 0.574. The van der Waals surface area contributed by atoms with Crippen molar-refractivity contribution in [1.29, 1.82) is 0 Å². The van der Waals surface area contributed by atoms with Crippen molar-refractivity contribution in [3.05, 3.63) is 0 Å². The second-order valence-electron chi connectivity index (χ2n) is 3.74. The lowest BCUT2D eigenvalue weighted by Gasteiger charge is -2.53. The van der Waals surface area contributed by atoms with Crippen LogP contribution in [0.3, 0.4) is 0 Å². The molecule has 2 heteroatoms. The summed E-state index contributed by atoms with van der Waals surface area (Å²) < 4.78 is 5.07. The fraction of sp³-hybridized carbons (Fsp3) is 1.00. The van der Waals surface area contributed by atoms with E-state index in [1.807, 2.05) is 0 Å². The fourth-order valence-corrected chi connectivity index (χ4v) is 1.60. The van der Waals surface area contributed by atoms with Gasteiger partial charge in [-0.3, -0.25) is 4.90 Å². The van der Waals surface area contributed by atoms with Crippen LogP contribution in [0.4, 0.5) is 0 Å². The molecule has 1 fully saturated rings. The molecule has 1 rings (SSSR count). The average molecular weight is 143 g/mol. The maximum Gasteiger partial charge on any atom is 0.0618 e. The molecule has 1 heterocycles. The largest absolute Gasteiger partial charge is 0.383 e. The highest BCUT2D eigenvalue weighted by Crippen LogP contribution is 2.33. The van der Waals surface area contributed by atoms with Crippen molar-refractivity contribution in [2.45, 2.75) is 31.8 Å². The highest BCUT2D eigenvalue weighted by Gasteiger charge is 2.41. The first-order valence-electron chi connectivity index (χ1n) is 3.80. The smallest absolute Gasteiger partial charge is 0.0618 e. The van der Waals surface area contributed by atoms with E-state index in [4.69, 9.17) is 4.74 Å². The molecule has 1 saturated heterocycles. The summed E-state index contributed by atoms with van der Waals surface area (Å²) in [5, 5.41) is 0. The number of likely N-dealkylation sites (N-methyl/N-ethyl adjacent to an activating group) is 1. The lowest BCUT2D eigenvalue weighted by Crippen LogP contribution is -2.62. The minimum Gasteiger partial charge on any atom is -0.383 e. The number of hydrogen-bond donors (Lipinski definition) is 0. The second kappa shape index (κ2) is 2.51. The van der Waals surface area contributed by atoms with Gasteiger partial charge >= 0.3 is 0 Å². The van der Waals surface area contributed by atoms with Gasteiger partial charge in [0, 0.05) is 18.7 Å². The zero-order valence-electron chi connectivity index (χ0n) is 7.35. The van der Waals surface area contributed by atoms with Crippen LogP contribution >= 0.6 is 0 Å². The van der Waals surface area contributed by atoms with E-state index in [0.717, 1.165) is 6.61 Å². The molecule has 0 spiro atoms. The molecule has 2 nitrogen and oxygen atoms in total. The minimum absolute atomic E-state index is 0.406. The SMILES string of the molecule is COCC1CC(C)(C)N1C. The third kappa shape index (κ3) is 1.18. The fourth-order valence-electron chi connectivity index (χ4n) is 1.60. The second-order valence-corrected chi connectivity index (χ2v) is 3.74. The van der Waals surface area contributed by atoms with E-state index < -0.39 is 0 Å². The van der Waals surface area contributed by atoms with Gasteiger partial charge in [-0.1, -0.05) is 0 Å². The number of hydrogen-bond acceptors (Lipinski definition) is 2. The first kappa shape index (κ1) is 8.02. The normalized spacial score (nSPS) is 31.8. The van der Waals surface area contributed by atoms with Crippen molar-refractivity contribution >= 4 is 0 Å². The van der Waals surface area contributed by atoms with Gasteiger partial charge in [-0.05, 0) is 27.3 Å². The Hall–Kier alpha value is -0.0800.